The van der Waals surface area contributed by atoms with Crippen molar-refractivity contribution in [2.45, 2.75) is 6.92 Å². The van der Waals surface area contributed by atoms with Crippen molar-refractivity contribution >= 4 is 58.1 Å². The Morgan fingerprint density at radius 1 is 1.36 bits per heavy atom. The highest BCUT2D eigenvalue weighted by Crippen LogP contribution is 2.22. The fourth-order valence-corrected chi connectivity index (χ4v) is 2.62. The van der Waals surface area contributed by atoms with Gasteiger partial charge in [-0.2, -0.15) is 0 Å². The second kappa shape index (κ2) is 6.49. The highest BCUT2D eigenvalue weighted by molar-refractivity contribution is 14.1. The molecule has 0 aliphatic carbocycles. The van der Waals surface area contributed by atoms with Gasteiger partial charge < -0.3 is 10.4 Å². The number of nitrogens with one attached hydrogen (secondary N) is 1. The number of benzene rings is 1. The number of aryl methyl sites for hydroxylation is 1. The van der Waals surface area contributed by atoms with Crippen molar-refractivity contribution in [3.05, 3.63) is 51.6 Å². The number of nitrogens with zero attached hydrogens (tertiary/aromatic N) is 3. The SMILES string of the molecule is Cc1cc(Nc2nccn3c(I)cnc23)ccc1C(=O)O.Cl. The molecular weight excluding hydrogens is 419 g/mol. The number of aromatic carboxylic acids is 1. The molecular formula is C14H12ClIN4O2. The number of aromatic nitrogens is 3. The van der Waals surface area contributed by atoms with Crippen LogP contribution in [0, 0.1) is 10.6 Å². The minimum absolute atomic E-state index is 0. The molecule has 0 saturated heterocycles. The zero-order valence-electron chi connectivity index (χ0n) is 11.4. The molecule has 0 aliphatic heterocycles. The van der Waals surface area contributed by atoms with Gasteiger partial charge in [-0.05, 0) is 53.3 Å². The molecule has 0 bridgehead atoms. The molecule has 0 radical (unpaired) electrons. The van der Waals surface area contributed by atoms with Crippen LogP contribution in [0.25, 0.3) is 5.65 Å². The predicted molar refractivity (Wildman–Crippen MR) is 94.4 cm³/mol. The van der Waals surface area contributed by atoms with Crippen LogP contribution in [0.5, 0.6) is 0 Å². The number of anilines is 2. The van der Waals surface area contributed by atoms with Crippen LogP contribution < -0.4 is 5.32 Å². The summed E-state index contributed by atoms with van der Waals surface area (Å²) in [4.78, 5) is 19.6. The van der Waals surface area contributed by atoms with E-state index in [0.29, 0.717) is 16.9 Å². The van der Waals surface area contributed by atoms with Crippen LogP contribution >= 0.6 is 35.0 Å². The van der Waals surface area contributed by atoms with Gasteiger partial charge in [-0.3, -0.25) is 4.40 Å². The van der Waals surface area contributed by atoms with E-state index in [1.807, 2.05) is 10.6 Å². The lowest BCUT2D eigenvalue weighted by atomic mass is 10.1. The molecule has 0 saturated carbocycles. The second-order valence-corrected chi connectivity index (χ2v) is 5.62. The molecule has 3 rings (SSSR count). The number of hydrogen-bond acceptors (Lipinski definition) is 4. The van der Waals surface area contributed by atoms with Gasteiger partial charge >= 0.3 is 5.97 Å². The van der Waals surface area contributed by atoms with E-state index in [2.05, 4.69) is 37.9 Å². The van der Waals surface area contributed by atoms with Crippen molar-refractivity contribution in [3.63, 3.8) is 0 Å². The first-order chi connectivity index (χ1) is 10.1. The number of halogens is 2. The van der Waals surface area contributed by atoms with Gasteiger partial charge in [0.25, 0.3) is 0 Å². The quantitative estimate of drug-likeness (QED) is 0.622. The van der Waals surface area contributed by atoms with Gasteiger partial charge in [0.05, 0.1) is 11.8 Å². The Hall–Kier alpha value is -1.87. The van der Waals surface area contributed by atoms with Crippen LogP contribution in [0.4, 0.5) is 11.5 Å². The van der Waals surface area contributed by atoms with Crippen LogP contribution in [0.1, 0.15) is 15.9 Å². The van der Waals surface area contributed by atoms with Crippen LogP contribution in [0.3, 0.4) is 0 Å². The number of carboxylic acid groups (broad SMARTS) is 1. The summed E-state index contributed by atoms with van der Waals surface area (Å²) in [5.41, 5.74) is 2.48. The molecule has 1 aromatic carbocycles. The van der Waals surface area contributed by atoms with Crippen molar-refractivity contribution in [1.29, 1.82) is 0 Å². The van der Waals surface area contributed by atoms with Crippen LogP contribution in [-0.4, -0.2) is 25.4 Å². The normalized spacial score (nSPS) is 10.3. The number of rotatable bonds is 3. The lowest BCUT2D eigenvalue weighted by Gasteiger charge is -2.09. The predicted octanol–water partition coefficient (Wildman–Crippen LogP) is 3.51. The Bertz CT molecular complexity index is 850. The first-order valence-corrected chi connectivity index (χ1v) is 7.22. The monoisotopic (exact) mass is 430 g/mol. The molecule has 3 aromatic rings. The molecule has 2 N–H and O–H groups in total. The fraction of sp³-hybridized carbons (Fsp3) is 0.0714. The first kappa shape index (κ1) is 16.5. The molecule has 0 fully saturated rings. The van der Waals surface area contributed by atoms with Crippen LogP contribution in [0.2, 0.25) is 0 Å². The molecule has 0 amide bonds. The summed E-state index contributed by atoms with van der Waals surface area (Å²) < 4.78 is 2.92. The summed E-state index contributed by atoms with van der Waals surface area (Å²) in [6.45, 7) is 1.76. The third-order valence-electron chi connectivity index (χ3n) is 3.10. The summed E-state index contributed by atoms with van der Waals surface area (Å²) in [6.07, 6.45) is 5.30. The number of fused-ring (bicyclic) bond motifs is 1. The number of imidazole rings is 1. The molecule has 114 valence electrons. The Kier molecular flexibility index (Phi) is 4.87. The molecule has 0 atom stereocenters. The minimum atomic E-state index is -0.929. The van der Waals surface area contributed by atoms with Gasteiger partial charge in [0.2, 0.25) is 0 Å². The Balaban J connectivity index is 0.00000176. The molecule has 0 unspecified atom stereocenters. The van der Waals surface area contributed by atoms with Crippen molar-refractivity contribution in [1.82, 2.24) is 14.4 Å². The standard InChI is InChI=1S/C14H11IN4O2.ClH/c1-8-6-9(2-3-10(8)14(20)21)18-12-13-17-7-11(15)19(13)5-4-16-12;/h2-7H,1H3,(H,16,18)(H,20,21);1H. The Morgan fingerprint density at radius 2 is 2.14 bits per heavy atom. The zero-order chi connectivity index (χ0) is 15.0. The molecule has 2 heterocycles. The van der Waals surface area contributed by atoms with E-state index in [1.165, 1.54) is 0 Å². The fourth-order valence-electron chi connectivity index (χ4n) is 2.10. The van der Waals surface area contributed by atoms with Gasteiger partial charge in [0.1, 0.15) is 3.70 Å². The van der Waals surface area contributed by atoms with Crippen molar-refractivity contribution in [2.75, 3.05) is 5.32 Å². The third-order valence-corrected chi connectivity index (χ3v) is 3.90. The average Bonchev–Trinajstić information content (AvgIpc) is 2.81. The Morgan fingerprint density at radius 3 is 2.82 bits per heavy atom. The third kappa shape index (κ3) is 3.00. The lowest BCUT2D eigenvalue weighted by Crippen LogP contribution is -2.02. The van der Waals surface area contributed by atoms with Crippen molar-refractivity contribution in [2.24, 2.45) is 0 Å². The van der Waals surface area contributed by atoms with E-state index >= 15 is 0 Å². The molecule has 0 aliphatic rings. The summed E-state index contributed by atoms with van der Waals surface area (Å²) in [7, 11) is 0. The first-order valence-electron chi connectivity index (χ1n) is 6.15. The summed E-state index contributed by atoms with van der Waals surface area (Å²) in [5.74, 6) is -0.301. The van der Waals surface area contributed by atoms with E-state index in [1.54, 1.807) is 37.5 Å². The van der Waals surface area contributed by atoms with Gasteiger partial charge in [-0.1, -0.05) is 0 Å². The van der Waals surface area contributed by atoms with E-state index in [4.69, 9.17) is 5.11 Å². The summed E-state index contributed by atoms with van der Waals surface area (Å²) in [6, 6.07) is 5.08. The van der Waals surface area contributed by atoms with Gasteiger partial charge in [0.15, 0.2) is 11.5 Å². The Labute approximate surface area is 146 Å². The zero-order valence-corrected chi connectivity index (χ0v) is 14.4. The van der Waals surface area contributed by atoms with E-state index < -0.39 is 5.97 Å². The number of carbonyl (C=O) groups is 1. The van der Waals surface area contributed by atoms with Gasteiger partial charge in [0, 0.05) is 18.1 Å². The highest BCUT2D eigenvalue weighted by Gasteiger charge is 2.10. The maximum absolute atomic E-state index is 11.0. The molecule has 8 heteroatoms. The number of carboxylic acids is 1. The highest BCUT2D eigenvalue weighted by atomic mass is 127. The van der Waals surface area contributed by atoms with Crippen molar-refractivity contribution < 1.29 is 9.90 Å². The van der Waals surface area contributed by atoms with E-state index in [0.717, 1.165) is 15.0 Å². The van der Waals surface area contributed by atoms with Gasteiger partial charge in [-0.15, -0.1) is 12.4 Å². The smallest absolute Gasteiger partial charge is 0.335 e. The maximum Gasteiger partial charge on any atom is 0.335 e. The topological polar surface area (TPSA) is 79.5 Å². The van der Waals surface area contributed by atoms with Crippen LogP contribution in [0.15, 0.2) is 36.8 Å². The summed E-state index contributed by atoms with van der Waals surface area (Å²) in [5, 5.41) is 12.2. The minimum Gasteiger partial charge on any atom is -0.478 e. The summed E-state index contributed by atoms with van der Waals surface area (Å²) >= 11 is 2.20. The van der Waals surface area contributed by atoms with Crippen molar-refractivity contribution in [3.8, 4) is 0 Å². The van der Waals surface area contributed by atoms with Gasteiger partial charge in [-0.25, -0.2) is 14.8 Å². The lowest BCUT2D eigenvalue weighted by molar-refractivity contribution is 0.0696. The van der Waals surface area contributed by atoms with Crippen LogP contribution in [-0.2, 0) is 0 Å². The molecule has 0 spiro atoms. The number of hydrogen-bond donors (Lipinski definition) is 2. The van der Waals surface area contributed by atoms with E-state index in [9.17, 15) is 4.79 Å². The van der Waals surface area contributed by atoms with E-state index in [-0.39, 0.29) is 12.4 Å². The molecule has 6 nitrogen and oxygen atoms in total. The molecule has 22 heavy (non-hydrogen) atoms. The second-order valence-electron chi connectivity index (χ2n) is 4.51. The molecule has 2 aromatic heterocycles. The largest absolute Gasteiger partial charge is 0.478 e. The average molecular weight is 431 g/mol. The maximum atomic E-state index is 11.0.